The van der Waals surface area contributed by atoms with Crippen molar-refractivity contribution in [1.29, 1.82) is 0 Å². The highest BCUT2D eigenvalue weighted by molar-refractivity contribution is 6.04. The highest BCUT2D eigenvalue weighted by atomic mass is 16.4. The largest absolute Gasteiger partial charge is 0.408 e. The van der Waals surface area contributed by atoms with E-state index in [9.17, 15) is 4.79 Å². The molecular formula is C8H9N3O2. The Hall–Kier alpha value is -2.04. The first-order valence-corrected chi connectivity index (χ1v) is 3.58. The number of rotatable bonds is 1. The first-order chi connectivity index (χ1) is 6.24. The Morgan fingerprint density at radius 1 is 1.38 bits per heavy atom. The summed E-state index contributed by atoms with van der Waals surface area (Å²) in [5.41, 5.74) is 5.53. The first-order valence-electron chi connectivity index (χ1n) is 3.58. The molecule has 0 aromatic heterocycles. The zero-order valence-electron chi connectivity index (χ0n) is 6.77. The minimum Gasteiger partial charge on any atom is -0.408 e. The van der Waals surface area contributed by atoms with Crippen LogP contribution in [0.5, 0.6) is 0 Å². The number of amides is 1. The molecule has 68 valence electrons. The van der Waals surface area contributed by atoms with Crippen LogP contribution in [-0.2, 0) is 0 Å². The second kappa shape index (κ2) is 4.10. The van der Waals surface area contributed by atoms with Crippen molar-refractivity contribution in [3.05, 3.63) is 35.9 Å². The van der Waals surface area contributed by atoms with Gasteiger partial charge in [0.05, 0.1) is 0 Å². The normalized spacial score (nSPS) is 10.9. The molecule has 0 atom stereocenters. The van der Waals surface area contributed by atoms with Gasteiger partial charge < -0.3 is 10.9 Å². The summed E-state index contributed by atoms with van der Waals surface area (Å²) in [5.74, 6) is -0.732. The molecule has 0 saturated heterocycles. The van der Waals surface area contributed by atoms with Gasteiger partial charge in [0.15, 0.2) is 0 Å². The molecule has 4 N–H and O–H groups in total. The van der Waals surface area contributed by atoms with E-state index in [1.807, 2.05) is 0 Å². The van der Waals surface area contributed by atoms with Gasteiger partial charge in [-0.05, 0) is 12.1 Å². The highest BCUT2D eigenvalue weighted by Crippen LogP contribution is 1.96. The second-order valence-electron chi connectivity index (χ2n) is 2.31. The van der Waals surface area contributed by atoms with E-state index in [1.165, 1.54) is 0 Å². The van der Waals surface area contributed by atoms with Crippen molar-refractivity contribution in [2.24, 2.45) is 10.9 Å². The number of hydrogen-bond acceptors (Lipinski definition) is 3. The average molecular weight is 179 g/mol. The van der Waals surface area contributed by atoms with Gasteiger partial charge in [0.1, 0.15) is 0 Å². The predicted molar refractivity (Wildman–Crippen MR) is 47.3 cm³/mol. The van der Waals surface area contributed by atoms with Crippen molar-refractivity contribution >= 4 is 11.9 Å². The number of oxime groups is 1. The van der Waals surface area contributed by atoms with Crippen LogP contribution in [0.4, 0.5) is 0 Å². The summed E-state index contributed by atoms with van der Waals surface area (Å²) in [6.07, 6.45) is 0. The van der Waals surface area contributed by atoms with E-state index < -0.39 is 5.91 Å². The topological polar surface area (TPSA) is 87.7 Å². The molecule has 0 bridgehead atoms. The lowest BCUT2D eigenvalue weighted by molar-refractivity contribution is 0.0975. The summed E-state index contributed by atoms with van der Waals surface area (Å²) in [5, 5.41) is 13.0. The van der Waals surface area contributed by atoms with Gasteiger partial charge in [-0.25, -0.2) is 0 Å². The Morgan fingerprint density at radius 2 is 2.00 bits per heavy atom. The lowest BCUT2D eigenvalue weighted by Crippen LogP contribution is -2.36. The predicted octanol–water partition coefficient (Wildman–Crippen LogP) is 0.120. The maximum absolute atomic E-state index is 11.2. The van der Waals surface area contributed by atoms with Gasteiger partial charge in [-0.1, -0.05) is 23.4 Å². The Kier molecular flexibility index (Phi) is 2.86. The molecule has 0 aliphatic rings. The molecule has 13 heavy (non-hydrogen) atoms. The highest BCUT2D eigenvalue weighted by Gasteiger charge is 2.04. The molecule has 0 saturated carbocycles. The molecule has 1 rings (SSSR count). The molecule has 0 aliphatic carbocycles. The van der Waals surface area contributed by atoms with Gasteiger partial charge >= 0.3 is 0 Å². The smallest absolute Gasteiger partial charge is 0.258 e. The summed E-state index contributed by atoms with van der Waals surface area (Å²) < 4.78 is 0. The molecule has 5 nitrogen and oxygen atoms in total. The number of carbonyl (C=O) groups is 1. The number of hydrogen-bond donors (Lipinski definition) is 3. The van der Waals surface area contributed by atoms with Gasteiger partial charge in [0.2, 0.25) is 5.96 Å². The van der Waals surface area contributed by atoms with Crippen LogP contribution in [0, 0.1) is 0 Å². The van der Waals surface area contributed by atoms with Crippen molar-refractivity contribution in [2.45, 2.75) is 0 Å². The van der Waals surface area contributed by atoms with E-state index in [4.69, 9.17) is 10.9 Å². The maximum atomic E-state index is 11.2. The minimum absolute atomic E-state index is 0.325. The third kappa shape index (κ3) is 2.48. The molecule has 0 spiro atoms. The van der Waals surface area contributed by atoms with Gasteiger partial charge in [0.25, 0.3) is 5.91 Å². The van der Waals surface area contributed by atoms with E-state index in [0.717, 1.165) is 0 Å². The van der Waals surface area contributed by atoms with Crippen LogP contribution in [-0.4, -0.2) is 17.1 Å². The average Bonchev–Trinajstić information content (AvgIpc) is 2.19. The molecule has 0 aliphatic heterocycles. The SMILES string of the molecule is NC(=NO)NC(=O)c1ccccc1. The molecule has 0 fully saturated rings. The third-order valence-electron chi connectivity index (χ3n) is 1.39. The van der Waals surface area contributed by atoms with E-state index in [1.54, 1.807) is 30.3 Å². The lowest BCUT2D eigenvalue weighted by Gasteiger charge is -2.01. The Labute approximate surface area is 74.9 Å². The Bertz CT molecular complexity index is 321. The van der Waals surface area contributed by atoms with Crippen molar-refractivity contribution in [2.75, 3.05) is 0 Å². The summed E-state index contributed by atoms with van der Waals surface area (Å²) in [6.45, 7) is 0. The number of nitrogens with one attached hydrogen (secondary N) is 1. The van der Waals surface area contributed by atoms with Crippen LogP contribution in [0.3, 0.4) is 0 Å². The van der Waals surface area contributed by atoms with Crippen LogP contribution in [0.1, 0.15) is 10.4 Å². The van der Waals surface area contributed by atoms with E-state index >= 15 is 0 Å². The molecule has 0 unspecified atom stereocenters. The third-order valence-corrected chi connectivity index (χ3v) is 1.39. The molecule has 1 aromatic carbocycles. The number of nitrogens with two attached hydrogens (primary N) is 1. The number of carbonyl (C=O) groups excluding carboxylic acids is 1. The van der Waals surface area contributed by atoms with E-state index in [2.05, 4.69) is 10.5 Å². The van der Waals surface area contributed by atoms with E-state index in [0.29, 0.717) is 5.56 Å². The van der Waals surface area contributed by atoms with Gasteiger partial charge in [0, 0.05) is 5.56 Å². The summed E-state index contributed by atoms with van der Waals surface area (Å²) in [7, 11) is 0. The van der Waals surface area contributed by atoms with Crippen LogP contribution in [0.15, 0.2) is 35.5 Å². The Balaban J connectivity index is 2.70. The molecule has 1 aromatic rings. The second-order valence-corrected chi connectivity index (χ2v) is 2.31. The quantitative estimate of drug-likeness (QED) is 0.247. The maximum Gasteiger partial charge on any atom is 0.258 e. The first kappa shape index (κ1) is 9.05. The van der Waals surface area contributed by atoms with Gasteiger partial charge in [-0.3, -0.25) is 10.1 Å². The van der Waals surface area contributed by atoms with Crippen molar-refractivity contribution in [1.82, 2.24) is 5.32 Å². The molecule has 1 amide bonds. The van der Waals surface area contributed by atoms with Crippen LogP contribution in [0.2, 0.25) is 0 Å². The van der Waals surface area contributed by atoms with Crippen LogP contribution >= 0.6 is 0 Å². The van der Waals surface area contributed by atoms with Crippen molar-refractivity contribution < 1.29 is 10.0 Å². The number of guanidine groups is 1. The summed E-state index contributed by atoms with van der Waals surface area (Å²) >= 11 is 0. The molecule has 0 heterocycles. The van der Waals surface area contributed by atoms with Crippen molar-refractivity contribution in [3.63, 3.8) is 0 Å². The summed E-state index contributed by atoms with van der Waals surface area (Å²) in [6, 6.07) is 8.49. The number of nitrogens with zero attached hydrogens (tertiary/aromatic N) is 1. The fourth-order valence-corrected chi connectivity index (χ4v) is 0.803. The van der Waals surface area contributed by atoms with Gasteiger partial charge in [-0.2, -0.15) is 0 Å². The van der Waals surface area contributed by atoms with E-state index in [-0.39, 0.29) is 5.96 Å². The summed E-state index contributed by atoms with van der Waals surface area (Å²) in [4.78, 5) is 11.2. The fourth-order valence-electron chi connectivity index (χ4n) is 0.803. The Morgan fingerprint density at radius 3 is 2.54 bits per heavy atom. The minimum atomic E-state index is -0.407. The van der Waals surface area contributed by atoms with Gasteiger partial charge in [-0.15, -0.1) is 0 Å². The molecular weight excluding hydrogens is 170 g/mol. The monoisotopic (exact) mass is 179 g/mol. The molecule has 0 radical (unpaired) electrons. The molecule has 5 heteroatoms. The zero-order chi connectivity index (χ0) is 9.68. The fraction of sp³-hybridized carbons (Fsp3) is 0. The van der Waals surface area contributed by atoms with Crippen LogP contribution in [0.25, 0.3) is 0 Å². The zero-order valence-corrected chi connectivity index (χ0v) is 6.77. The van der Waals surface area contributed by atoms with Crippen LogP contribution < -0.4 is 11.1 Å². The lowest BCUT2D eigenvalue weighted by atomic mass is 10.2. The standard InChI is InChI=1S/C8H9N3O2/c9-8(11-13)10-7(12)6-4-2-1-3-5-6/h1-5,13H,(H3,9,10,11,12). The van der Waals surface area contributed by atoms with Crippen molar-refractivity contribution in [3.8, 4) is 0 Å². The number of benzene rings is 1.